The number of nitrogens with zero attached hydrogens (tertiary/aromatic N) is 1. The van der Waals surface area contributed by atoms with E-state index in [-0.39, 0.29) is 10.4 Å². The van der Waals surface area contributed by atoms with Crippen molar-refractivity contribution in [1.29, 1.82) is 0 Å². The Morgan fingerprint density at radius 1 is 1.08 bits per heavy atom. The summed E-state index contributed by atoms with van der Waals surface area (Å²) in [5, 5.41) is 0.542. The average Bonchev–Trinajstić information content (AvgIpc) is 2.53. The number of nitrogens with one attached hydrogen (secondary N) is 1. The lowest BCUT2D eigenvalue weighted by molar-refractivity contribution is 0.00175. The van der Waals surface area contributed by atoms with Crippen LogP contribution in [0.2, 0.25) is 0 Å². The number of sulfonamides is 1. The molecule has 4 aliphatic rings. The van der Waals surface area contributed by atoms with Crippen molar-refractivity contribution in [3.05, 3.63) is 30.3 Å². The maximum atomic E-state index is 12.6. The first kappa shape index (κ1) is 16.5. The lowest BCUT2D eigenvalue weighted by Gasteiger charge is -2.55. The van der Waals surface area contributed by atoms with Gasteiger partial charge in [-0.25, -0.2) is 8.42 Å². The van der Waals surface area contributed by atoms with Crippen molar-refractivity contribution in [2.75, 3.05) is 6.26 Å². The Morgan fingerprint density at radius 3 is 2.12 bits per heavy atom. The number of thioether (sulfide) groups is 1. The van der Waals surface area contributed by atoms with Crippen molar-refractivity contribution in [2.45, 2.75) is 49.0 Å². The molecule has 5 rings (SSSR count). The molecule has 130 valence electrons. The molecule has 0 spiro atoms. The zero-order valence-corrected chi connectivity index (χ0v) is 15.6. The largest absolute Gasteiger partial charge is 0.263 e. The molecule has 4 nitrogen and oxygen atoms in total. The molecule has 0 radical (unpaired) electrons. The Hall–Kier alpha value is -1.01. The molecule has 0 aliphatic heterocycles. The highest BCUT2D eigenvalue weighted by molar-refractivity contribution is 8.14. The van der Waals surface area contributed by atoms with Crippen molar-refractivity contribution in [3.63, 3.8) is 0 Å². The molecule has 6 heteroatoms. The third kappa shape index (κ3) is 3.10. The average molecular weight is 365 g/mol. The second kappa shape index (κ2) is 6.06. The predicted octanol–water partition coefficient (Wildman–Crippen LogP) is 3.65. The summed E-state index contributed by atoms with van der Waals surface area (Å²) < 4.78 is 27.9. The zero-order valence-electron chi connectivity index (χ0n) is 13.9. The first-order valence-electron chi connectivity index (χ1n) is 8.70. The summed E-state index contributed by atoms with van der Waals surface area (Å²) >= 11 is 1.40. The summed E-state index contributed by atoms with van der Waals surface area (Å²) in [7, 11) is -3.56. The second-order valence-electron chi connectivity index (χ2n) is 7.68. The molecule has 0 heterocycles. The van der Waals surface area contributed by atoms with E-state index in [4.69, 9.17) is 4.99 Å². The van der Waals surface area contributed by atoms with Gasteiger partial charge < -0.3 is 0 Å². The fourth-order valence-corrected chi connectivity index (χ4v) is 7.16. The fraction of sp³-hybridized carbons (Fsp3) is 0.611. The van der Waals surface area contributed by atoms with E-state index in [0.29, 0.717) is 5.17 Å². The fourth-order valence-electron chi connectivity index (χ4n) is 5.30. The molecule has 4 saturated carbocycles. The third-order valence-corrected chi connectivity index (χ3v) is 7.88. The van der Waals surface area contributed by atoms with Gasteiger partial charge in [-0.05, 0) is 74.7 Å². The minimum absolute atomic E-state index is 0.0215. The highest BCUT2D eigenvalue weighted by atomic mass is 32.2. The molecule has 1 aromatic carbocycles. The van der Waals surface area contributed by atoms with Gasteiger partial charge in [0.1, 0.15) is 0 Å². The lowest BCUT2D eigenvalue weighted by atomic mass is 9.53. The van der Waals surface area contributed by atoms with Gasteiger partial charge in [0.15, 0.2) is 5.17 Å². The van der Waals surface area contributed by atoms with Crippen LogP contribution in [0.1, 0.15) is 38.5 Å². The minimum Gasteiger partial charge on any atom is -0.258 e. The van der Waals surface area contributed by atoms with Gasteiger partial charge in [-0.2, -0.15) is 0 Å². The van der Waals surface area contributed by atoms with Crippen LogP contribution in [-0.4, -0.2) is 25.4 Å². The smallest absolute Gasteiger partial charge is 0.258 e. The Kier molecular flexibility index (Phi) is 4.15. The summed E-state index contributed by atoms with van der Waals surface area (Å²) in [6, 6.07) is 8.53. The van der Waals surface area contributed by atoms with Crippen molar-refractivity contribution < 1.29 is 8.42 Å². The number of hydrogen-bond donors (Lipinski definition) is 1. The summed E-state index contributed by atoms with van der Waals surface area (Å²) in [5.74, 6) is 2.40. The Bertz CT molecular complexity index is 708. The number of benzene rings is 1. The maximum Gasteiger partial charge on any atom is 0.263 e. The van der Waals surface area contributed by atoms with Crippen LogP contribution in [0, 0.1) is 17.8 Å². The molecular formula is C18H24N2O2S2. The first-order chi connectivity index (χ1) is 11.5. The minimum atomic E-state index is -3.56. The quantitative estimate of drug-likeness (QED) is 0.658. The molecule has 4 fully saturated rings. The van der Waals surface area contributed by atoms with Crippen molar-refractivity contribution in [2.24, 2.45) is 22.7 Å². The SMILES string of the molecule is CSC(=NC12CC3CC(CC(C3)C1)C2)NS(=O)(=O)c1ccccc1. The van der Waals surface area contributed by atoms with Gasteiger partial charge in [0.25, 0.3) is 10.0 Å². The Labute approximate surface area is 148 Å². The third-order valence-electron chi connectivity index (χ3n) is 5.81. The van der Waals surface area contributed by atoms with Crippen LogP contribution in [-0.2, 0) is 10.0 Å². The van der Waals surface area contributed by atoms with Gasteiger partial charge in [0.05, 0.1) is 10.4 Å². The Morgan fingerprint density at radius 2 is 1.62 bits per heavy atom. The van der Waals surface area contributed by atoms with Crippen molar-refractivity contribution in [3.8, 4) is 0 Å². The van der Waals surface area contributed by atoms with Crippen LogP contribution in [0.15, 0.2) is 40.2 Å². The monoisotopic (exact) mass is 364 g/mol. The normalized spacial score (nSPS) is 35.2. The van der Waals surface area contributed by atoms with Gasteiger partial charge in [0, 0.05) is 0 Å². The van der Waals surface area contributed by atoms with Gasteiger partial charge >= 0.3 is 0 Å². The second-order valence-corrected chi connectivity index (χ2v) is 10.2. The standard InChI is InChI=1S/C18H24N2O2S2/c1-23-17(20-24(21,22)16-5-3-2-4-6-16)19-18-10-13-7-14(11-18)9-15(8-13)12-18/h2-6,13-15H,7-12H2,1H3,(H,19,20). The molecule has 0 saturated heterocycles. The zero-order chi connectivity index (χ0) is 16.8. The van der Waals surface area contributed by atoms with Crippen LogP contribution in [0.3, 0.4) is 0 Å². The summed E-state index contributed by atoms with van der Waals surface area (Å²) in [6.07, 6.45) is 9.38. The molecule has 1 aromatic rings. The summed E-state index contributed by atoms with van der Waals surface area (Å²) in [6.45, 7) is 0. The highest BCUT2D eigenvalue weighted by Crippen LogP contribution is 2.57. The van der Waals surface area contributed by atoms with E-state index >= 15 is 0 Å². The Balaban J connectivity index is 1.59. The molecule has 4 aliphatic carbocycles. The van der Waals surface area contributed by atoms with Crippen LogP contribution in [0.5, 0.6) is 0 Å². The van der Waals surface area contributed by atoms with Crippen molar-refractivity contribution >= 4 is 27.0 Å². The molecule has 0 atom stereocenters. The summed E-state index contributed by atoms with van der Waals surface area (Å²) in [4.78, 5) is 5.28. The maximum absolute atomic E-state index is 12.6. The molecular weight excluding hydrogens is 340 g/mol. The molecule has 0 amide bonds. The van der Waals surface area contributed by atoms with E-state index < -0.39 is 10.0 Å². The topological polar surface area (TPSA) is 58.5 Å². The van der Waals surface area contributed by atoms with E-state index in [1.807, 2.05) is 12.3 Å². The molecule has 0 unspecified atom stereocenters. The lowest BCUT2D eigenvalue weighted by Crippen LogP contribution is -2.50. The summed E-state index contributed by atoms with van der Waals surface area (Å²) in [5.41, 5.74) is -0.0215. The van der Waals surface area contributed by atoms with E-state index in [1.54, 1.807) is 24.3 Å². The van der Waals surface area contributed by atoms with Gasteiger partial charge in [-0.3, -0.25) is 9.71 Å². The van der Waals surface area contributed by atoms with E-state index in [9.17, 15) is 8.42 Å². The first-order valence-corrected chi connectivity index (χ1v) is 11.4. The highest BCUT2D eigenvalue weighted by Gasteiger charge is 2.51. The molecule has 4 bridgehead atoms. The number of aliphatic imine (C=N–C) groups is 1. The number of hydrogen-bond acceptors (Lipinski definition) is 4. The van der Waals surface area contributed by atoms with Gasteiger partial charge in [-0.1, -0.05) is 30.0 Å². The number of rotatable bonds is 3. The van der Waals surface area contributed by atoms with Gasteiger partial charge in [-0.15, -0.1) is 0 Å². The molecule has 0 aromatic heterocycles. The van der Waals surface area contributed by atoms with Crippen molar-refractivity contribution in [1.82, 2.24) is 4.72 Å². The van der Waals surface area contributed by atoms with Crippen LogP contribution in [0.25, 0.3) is 0 Å². The van der Waals surface area contributed by atoms with Crippen LogP contribution >= 0.6 is 11.8 Å². The van der Waals surface area contributed by atoms with Crippen LogP contribution < -0.4 is 4.72 Å². The van der Waals surface area contributed by atoms with E-state index in [0.717, 1.165) is 37.0 Å². The predicted molar refractivity (Wildman–Crippen MR) is 98.6 cm³/mol. The van der Waals surface area contributed by atoms with E-state index in [2.05, 4.69) is 4.72 Å². The molecule has 1 N–H and O–H groups in total. The molecule has 24 heavy (non-hydrogen) atoms. The van der Waals surface area contributed by atoms with E-state index in [1.165, 1.54) is 31.0 Å². The van der Waals surface area contributed by atoms with Gasteiger partial charge in [0.2, 0.25) is 0 Å². The van der Waals surface area contributed by atoms with Crippen LogP contribution in [0.4, 0.5) is 0 Å². The number of amidine groups is 1.